The summed E-state index contributed by atoms with van der Waals surface area (Å²) in [4.78, 5) is 18.1. The number of alkyl halides is 3. The zero-order chi connectivity index (χ0) is 22.2. The number of hydrogen-bond acceptors (Lipinski definition) is 5. The predicted octanol–water partition coefficient (Wildman–Crippen LogP) is 2.89. The molecule has 1 saturated heterocycles. The van der Waals surface area contributed by atoms with Crippen LogP contribution in [0.2, 0.25) is 0 Å². The minimum Gasteiger partial charge on any atom is -0.375 e. The van der Waals surface area contributed by atoms with Crippen molar-refractivity contribution in [3.8, 4) is 11.1 Å². The molecule has 2 N–H and O–H groups in total. The van der Waals surface area contributed by atoms with Gasteiger partial charge >= 0.3 is 6.18 Å². The molecule has 0 spiro atoms. The van der Waals surface area contributed by atoms with Crippen molar-refractivity contribution in [1.82, 2.24) is 19.7 Å². The Kier molecular flexibility index (Phi) is 5.67. The van der Waals surface area contributed by atoms with Crippen LogP contribution in [0.15, 0.2) is 36.7 Å². The molecule has 0 aliphatic carbocycles. The quantitative estimate of drug-likeness (QED) is 0.669. The van der Waals surface area contributed by atoms with Gasteiger partial charge in [0.1, 0.15) is 5.69 Å². The molecule has 1 unspecified atom stereocenters. The van der Waals surface area contributed by atoms with E-state index in [9.17, 15) is 18.0 Å². The second-order valence-electron chi connectivity index (χ2n) is 7.72. The van der Waals surface area contributed by atoms with Crippen molar-refractivity contribution in [3.63, 3.8) is 0 Å². The number of ether oxygens (including phenoxy) is 1. The number of benzene rings is 1. The van der Waals surface area contributed by atoms with E-state index in [1.807, 2.05) is 29.3 Å². The molecule has 0 saturated carbocycles. The van der Waals surface area contributed by atoms with Crippen molar-refractivity contribution in [3.05, 3.63) is 47.9 Å². The Balaban J connectivity index is 1.62. The lowest BCUT2D eigenvalue weighted by Gasteiger charge is -2.33. The lowest BCUT2D eigenvalue weighted by molar-refractivity contribution is -0.170. The van der Waals surface area contributed by atoms with Crippen LogP contribution in [0.25, 0.3) is 22.0 Å². The first-order valence-corrected chi connectivity index (χ1v) is 9.81. The van der Waals surface area contributed by atoms with Gasteiger partial charge in [0.15, 0.2) is 0 Å². The predicted molar refractivity (Wildman–Crippen MR) is 108 cm³/mol. The molecule has 164 valence electrons. The fourth-order valence-electron chi connectivity index (χ4n) is 3.86. The van der Waals surface area contributed by atoms with Crippen molar-refractivity contribution >= 4 is 16.8 Å². The molecule has 1 fully saturated rings. The summed E-state index contributed by atoms with van der Waals surface area (Å²) in [7, 11) is 1.80. The Morgan fingerprint density at radius 2 is 2.13 bits per heavy atom. The summed E-state index contributed by atoms with van der Waals surface area (Å²) in [6.07, 6.45) is -2.55. The molecule has 1 atom stereocenters. The van der Waals surface area contributed by atoms with E-state index in [-0.39, 0.29) is 18.8 Å². The molecule has 4 rings (SSSR count). The van der Waals surface area contributed by atoms with E-state index in [0.29, 0.717) is 18.6 Å². The summed E-state index contributed by atoms with van der Waals surface area (Å²) in [5, 5.41) is 5.02. The molecule has 10 heteroatoms. The highest BCUT2D eigenvalue weighted by Crippen LogP contribution is 2.30. The first-order valence-electron chi connectivity index (χ1n) is 9.81. The van der Waals surface area contributed by atoms with E-state index in [0.717, 1.165) is 22.1 Å². The lowest BCUT2D eigenvalue weighted by atomic mass is 10.0. The van der Waals surface area contributed by atoms with E-state index in [2.05, 4.69) is 10.1 Å². The molecule has 1 aromatic carbocycles. The van der Waals surface area contributed by atoms with Gasteiger partial charge in [0.25, 0.3) is 5.91 Å². The molecule has 0 bridgehead atoms. The third kappa shape index (κ3) is 5.02. The average molecular weight is 433 g/mol. The van der Waals surface area contributed by atoms with Crippen molar-refractivity contribution in [2.24, 2.45) is 12.8 Å². The number of nitrogens with zero attached hydrogens (tertiary/aromatic N) is 4. The van der Waals surface area contributed by atoms with Gasteiger partial charge in [-0.2, -0.15) is 18.3 Å². The third-order valence-corrected chi connectivity index (χ3v) is 5.23. The molecule has 1 aliphatic heterocycles. The highest BCUT2D eigenvalue weighted by molar-refractivity contribution is 6.00. The Morgan fingerprint density at radius 1 is 1.32 bits per heavy atom. The number of pyridine rings is 1. The highest BCUT2D eigenvalue weighted by Gasteiger charge is 2.34. The fourth-order valence-corrected chi connectivity index (χ4v) is 3.86. The fraction of sp³-hybridized carbons (Fsp3) is 0.381. The normalized spacial score (nSPS) is 17.9. The topological polar surface area (TPSA) is 86.3 Å². The number of fused-ring (bicyclic) bond motifs is 1. The summed E-state index contributed by atoms with van der Waals surface area (Å²) >= 11 is 0. The Hall–Kier alpha value is -2.98. The largest absolute Gasteiger partial charge is 0.391 e. The molecule has 0 radical (unpaired) electrons. The van der Waals surface area contributed by atoms with Crippen LogP contribution in [-0.2, 0) is 18.3 Å². The van der Waals surface area contributed by atoms with Crippen LogP contribution in [0.5, 0.6) is 0 Å². The zero-order valence-electron chi connectivity index (χ0n) is 16.9. The van der Waals surface area contributed by atoms with Gasteiger partial charge < -0.3 is 10.5 Å². The van der Waals surface area contributed by atoms with Gasteiger partial charge in [-0.15, -0.1) is 0 Å². The van der Waals surface area contributed by atoms with Gasteiger partial charge in [-0.3, -0.25) is 14.4 Å². The van der Waals surface area contributed by atoms with Crippen molar-refractivity contribution in [2.75, 3.05) is 19.7 Å². The number of morpholine rings is 1. The van der Waals surface area contributed by atoms with Crippen LogP contribution in [-0.4, -0.2) is 57.5 Å². The number of carbonyl (C=O) groups is 1. The van der Waals surface area contributed by atoms with E-state index >= 15 is 0 Å². The second-order valence-corrected chi connectivity index (χ2v) is 7.72. The monoisotopic (exact) mass is 433 g/mol. The maximum atomic E-state index is 12.7. The number of hydrogen-bond donors (Lipinski definition) is 1. The maximum absolute atomic E-state index is 12.7. The summed E-state index contributed by atoms with van der Waals surface area (Å²) in [5.41, 5.74) is 8.70. The van der Waals surface area contributed by atoms with Gasteiger partial charge in [-0.1, -0.05) is 12.1 Å². The Labute approximate surface area is 176 Å². The third-order valence-electron chi connectivity index (χ3n) is 5.23. The summed E-state index contributed by atoms with van der Waals surface area (Å²) in [6.45, 7) is 1.46. The summed E-state index contributed by atoms with van der Waals surface area (Å²) in [5.74, 6) is -0.638. The van der Waals surface area contributed by atoms with Crippen LogP contribution in [0.3, 0.4) is 0 Å². The molecular weight excluding hydrogens is 411 g/mol. The number of amides is 1. The zero-order valence-corrected chi connectivity index (χ0v) is 16.9. The number of halogens is 3. The van der Waals surface area contributed by atoms with Gasteiger partial charge in [0.05, 0.1) is 30.8 Å². The van der Waals surface area contributed by atoms with Crippen LogP contribution in [0.4, 0.5) is 13.2 Å². The molecule has 1 amide bonds. The van der Waals surface area contributed by atoms with E-state index in [1.165, 1.54) is 0 Å². The molecule has 1 aliphatic rings. The average Bonchev–Trinajstić information content (AvgIpc) is 3.12. The number of carbonyl (C=O) groups excluding carboxylic acids is 1. The Morgan fingerprint density at radius 3 is 2.81 bits per heavy atom. The van der Waals surface area contributed by atoms with E-state index in [1.54, 1.807) is 24.0 Å². The molecule has 2 aromatic heterocycles. The van der Waals surface area contributed by atoms with Crippen molar-refractivity contribution < 1.29 is 22.7 Å². The number of nitrogens with two attached hydrogens (primary N) is 1. The molecule has 31 heavy (non-hydrogen) atoms. The number of rotatable bonds is 5. The summed E-state index contributed by atoms with van der Waals surface area (Å²) < 4.78 is 45.0. The first kappa shape index (κ1) is 21.3. The standard InChI is InChI=1S/C21H22F3N5O2/c1-28-11-14(9-26-28)17-7-19(20(25)30)27-18-6-13(2-3-16(17)18)10-29-4-5-31-15(12-29)8-21(22,23)24/h2-3,6-7,9,11,15H,4-5,8,10,12H2,1H3,(H2,25,30). The van der Waals surface area contributed by atoms with Crippen LogP contribution < -0.4 is 5.73 Å². The van der Waals surface area contributed by atoms with Crippen LogP contribution >= 0.6 is 0 Å². The van der Waals surface area contributed by atoms with Gasteiger partial charge in [-0.25, -0.2) is 4.98 Å². The first-order chi connectivity index (χ1) is 14.7. The number of aryl methyl sites for hydroxylation is 1. The molecular formula is C21H22F3N5O2. The van der Waals surface area contributed by atoms with Gasteiger partial charge in [-0.05, 0) is 23.3 Å². The lowest BCUT2D eigenvalue weighted by Crippen LogP contribution is -2.43. The van der Waals surface area contributed by atoms with Crippen LogP contribution in [0.1, 0.15) is 22.5 Å². The van der Waals surface area contributed by atoms with Crippen LogP contribution in [0, 0.1) is 0 Å². The second kappa shape index (κ2) is 8.27. The SMILES string of the molecule is Cn1cc(-c2cc(C(N)=O)nc3cc(CN4CCOC(CC(F)(F)F)C4)ccc23)cn1. The minimum absolute atomic E-state index is 0.139. The van der Waals surface area contributed by atoms with E-state index in [4.69, 9.17) is 10.5 Å². The summed E-state index contributed by atoms with van der Waals surface area (Å²) in [6, 6.07) is 7.31. The molecule has 7 nitrogen and oxygen atoms in total. The minimum atomic E-state index is -4.26. The van der Waals surface area contributed by atoms with Gasteiger partial charge in [0.2, 0.25) is 0 Å². The highest BCUT2D eigenvalue weighted by atomic mass is 19.4. The van der Waals surface area contributed by atoms with E-state index < -0.39 is 24.6 Å². The molecule has 3 heterocycles. The Bertz CT molecular complexity index is 1110. The maximum Gasteiger partial charge on any atom is 0.391 e. The molecule has 3 aromatic rings. The van der Waals surface area contributed by atoms with Crippen molar-refractivity contribution in [2.45, 2.75) is 25.2 Å². The number of aromatic nitrogens is 3. The van der Waals surface area contributed by atoms with Crippen molar-refractivity contribution in [1.29, 1.82) is 0 Å². The number of primary amides is 1. The smallest absolute Gasteiger partial charge is 0.375 e. The van der Waals surface area contributed by atoms with Gasteiger partial charge in [0, 0.05) is 43.8 Å².